The minimum Gasteiger partial charge on any atom is -0.497 e. The number of ether oxygens (including phenoxy) is 2. The van der Waals surface area contributed by atoms with Crippen LogP contribution in [0.2, 0.25) is 0 Å². The molecule has 3 rings (SSSR count). The quantitative estimate of drug-likeness (QED) is 0.759. The number of carbonyl (C=O) groups excluding carboxylic acids is 1. The molecule has 23 heavy (non-hydrogen) atoms. The van der Waals surface area contributed by atoms with Gasteiger partial charge in [0.25, 0.3) is 0 Å². The normalized spacial score (nSPS) is 41.3. The van der Waals surface area contributed by atoms with Crippen LogP contribution in [0.15, 0.2) is 12.3 Å². The largest absolute Gasteiger partial charge is 0.497 e. The Kier molecular flexibility index (Phi) is 5.15. The first kappa shape index (κ1) is 17.0. The Bertz CT molecular complexity index is 456. The molecule has 0 radical (unpaired) electrons. The fraction of sp³-hybridized carbons (Fsp3) is 0.850. The maximum absolute atomic E-state index is 11.6. The first-order valence-electron chi connectivity index (χ1n) is 9.51. The smallest absolute Gasteiger partial charge is 0.162 e. The number of hydrogen-bond donors (Lipinski definition) is 0. The summed E-state index contributed by atoms with van der Waals surface area (Å²) in [6.45, 7) is 7.07. The van der Waals surface area contributed by atoms with Gasteiger partial charge in [-0.2, -0.15) is 0 Å². The van der Waals surface area contributed by atoms with Gasteiger partial charge in [0.15, 0.2) is 5.78 Å². The fourth-order valence-electron chi connectivity index (χ4n) is 5.18. The van der Waals surface area contributed by atoms with E-state index in [4.69, 9.17) is 9.47 Å². The number of rotatable bonds is 3. The molecule has 0 amide bonds. The van der Waals surface area contributed by atoms with E-state index in [9.17, 15) is 4.79 Å². The maximum Gasteiger partial charge on any atom is 0.162 e. The summed E-state index contributed by atoms with van der Waals surface area (Å²) < 4.78 is 12.4. The zero-order chi connectivity index (χ0) is 16.4. The lowest BCUT2D eigenvalue weighted by molar-refractivity contribution is -0.197. The molecule has 3 aliphatic rings. The Labute approximate surface area is 140 Å². The van der Waals surface area contributed by atoms with Crippen molar-refractivity contribution in [3.8, 4) is 0 Å². The van der Waals surface area contributed by atoms with Crippen LogP contribution in [0.25, 0.3) is 0 Å². The van der Waals surface area contributed by atoms with Gasteiger partial charge in [0, 0.05) is 18.9 Å². The molecule has 1 aliphatic carbocycles. The molecule has 0 N–H and O–H groups in total. The van der Waals surface area contributed by atoms with Gasteiger partial charge in [-0.15, -0.1) is 0 Å². The Hall–Kier alpha value is -0.830. The second kappa shape index (κ2) is 6.96. The van der Waals surface area contributed by atoms with E-state index in [0.29, 0.717) is 18.3 Å². The molecule has 0 aromatic carbocycles. The van der Waals surface area contributed by atoms with Crippen molar-refractivity contribution >= 4 is 5.78 Å². The number of carbonyl (C=O) groups is 1. The third-order valence-electron chi connectivity index (χ3n) is 6.15. The Morgan fingerprint density at radius 3 is 2.83 bits per heavy atom. The molecule has 3 nitrogen and oxygen atoms in total. The molecule has 1 saturated carbocycles. The standard InChI is InChI=1S/C20H32O3/c1-14(2)19-7-6-15(3)13-20(19)9-4-5-17(23-20)12-18-11-16(21)8-10-22-18/h8,10,14-15,17-19H,4-7,9,11-13H2,1-3H3/t15-,17+,18?,19+,20?/m1/s1. The highest BCUT2D eigenvalue weighted by Gasteiger charge is 2.48. The zero-order valence-corrected chi connectivity index (χ0v) is 14.9. The lowest BCUT2D eigenvalue weighted by atomic mass is 9.64. The summed E-state index contributed by atoms with van der Waals surface area (Å²) in [4.78, 5) is 11.6. The van der Waals surface area contributed by atoms with E-state index in [1.165, 1.54) is 38.2 Å². The molecule has 2 fully saturated rings. The molecule has 2 heterocycles. The predicted molar refractivity (Wildman–Crippen MR) is 91.1 cm³/mol. The van der Waals surface area contributed by atoms with Crippen LogP contribution in [0.4, 0.5) is 0 Å². The summed E-state index contributed by atoms with van der Waals surface area (Å²) in [5.74, 6) is 2.30. The highest BCUT2D eigenvalue weighted by molar-refractivity contribution is 5.90. The topological polar surface area (TPSA) is 35.5 Å². The summed E-state index contributed by atoms with van der Waals surface area (Å²) in [5.41, 5.74) is 0.0727. The van der Waals surface area contributed by atoms with Gasteiger partial charge in [-0.05, 0) is 49.9 Å². The second-order valence-corrected chi connectivity index (χ2v) is 8.40. The van der Waals surface area contributed by atoms with Gasteiger partial charge in [0.2, 0.25) is 0 Å². The highest BCUT2D eigenvalue weighted by Crippen LogP contribution is 2.49. The fourth-order valence-corrected chi connectivity index (χ4v) is 5.18. The van der Waals surface area contributed by atoms with Gasteiger partial charge in [-0.25, -0.2) is 0 Å². The van der Waals surface area contributed by atoms with Gasteiger partial charge in [0.05, 0.1) is 18.0 Å². The number of allylic oxidation sites excluding steroid dienone is 1. The summed E-state index contributed by atoms with van der Waals surface area (Å²) in [6, 6.07) is 0. The first-order chi connectivity index (χ1) is 11.0. The summed E-state index contributed by atoms with van der Waals surface area (Å²) >= 11 is 0. The monoisotopic (exact) mass is 320 g/mol. The van der Waals surface area contributed by atoms with Crippen LogP contribution in [0.3, 0.4) is 0 Å². The summed E-state index contributed by atoms with van der Waals surface area (Å²) in [5, 5.41) is 0. The van der Waals surface area contributed by atoms with Crippen molar-refractivity contribution in [3.63, 3.8) is 0 Å². The van der Waals surface area contributed by atoms with Gasteiger partial charge >= 0.3 is 0 Å². The highest BCUT2D eigenvalue weighted by atomic mass is 16.5. The Morgan fingerprint density at radius 1 is 1.26 bits per heavy atom. The molecule has 3 heteroatoms. The molecule has 5 atom stereocenters. The van der Waals surface area contributed by atoms with Crippen LogP contribution in [-0.4, -0.2) is 23.6 Å². The van der Waals surface area contributed by atoms with E-state index in [2.05, 4.69) is 20.8 Å². The minimum atomic E-state index is 0.00571. The Balaban J connectivity index is 1.68. The van der Waals surface area contributed by atoms with Crippen molar-refractivity contribution in [2.24, 2.45) is 17.8 Å². The minimum absolute atomic E-state index is 0.00571. The third-order valence-corrected chi connectivity index (χ3v) is 6.15. The van der Waals surface area contributed by atoms with Crippen molar-refractivity contribution in [2.45, 2.75) is 89.9 Å². The predicted octanol–water partition coefficient (Wildman–Crippen LogP) is 4.65. The molecule has 0 aromatic heterocycles. The molecule has 2 unspecified atom stereocenters. The SMILES string of the molecule is CC(C)[C@@H]1CC[C@@H](C)CC12CCC[C@@H](CC1CC(=O)C=CO1)O2. The molecular weight excluding hydrogens is 288 g/mol. The van der Waals surface area contributed by atoms with Crippen molar-refractivity contribution < 1.29 is 14.3 Å². The molecule has 130 valence electrons. The van der Waals surface area contributed by atoms with Crippen molar-refractivity contribution in [3.05, 3.63) is 12.3 Å². The van der Waals surface area contributed by atoms with Crippen molar-refractivity contribution in [1.29, 1.82) is 0 Å². The molecule has 1 saturated heterocycles. The third kappa shape index (κ3) is 3.81. The summed E-state index contributed by atoms with van der Waals surface area (Å²) in [6.07, 6.45) is 12.1. The average molecular weight is 320 g/mol. The van der Waals surface area contributed by atoms with Crippen LogP contribution < -0.4 is 0 Å². The molecular formula is C20H32O3. The lowest BCUT2D eigenvalue weighted by Gasteiger charge is -2.52. The van der Waals surface area contributed by atoms with E-state index < -0.39 is 0 Å². The van der Waals surface area contributed by atoms with Crippen LogP contribution in [0, 0.1) is 17.8 Å². The zero-order valence-electron chi connectivity index (χ0n) is 14.9. The number of hydrogen-bond acceptors (Lipinski definition) is 3. The molecule has 0 bridgehead atoms. The molecule has 2 aliphatic heterocycles. The van der Waals surface area contributed by atoms with E-state index in [0.717, 1.165) is 18.8 Å². The van der Waals surface area contributed by atoms with Gasteiger partial charge in [0.1, 0.15) is 6.10 Å². The first-order valence-corrected chi connectivity index (χ1v) is 9.51. The summed E-state index contributed by atoms with van der Waals surface area (Å²) in [7, 11) is 0. The van der Waals surface area contributed by atoms with Crippen molar-refractivity contribution in [1.82, 2.24) is 0 Å². The van der Waals surface area contributed by atoms with Gasteiger partial charge in [-0.1, -0.05) is 27.2 Å². The Morgan fingerprint density at radius 2 is 2.09 bits per heavy atom. The van der Waals surface area contributed by atoms with E-state index >= 15 is 0 Å². The average Bonchev–Trinajstić information content (AvgIpc) is 2.46. The lowest BCUT2D eigenvalue weighted by Crippen LogP contribution is -2.52. The molecule has 0 aromatic rings. The van der Waals surface area contributed by atoms with Gasteiger partial charge < -0.3 is 9.47 Å². The van der Waals surface area contributed by atoms with E-state index in [1.807, 2.05) is 0 Å². The van der Waals surface area contributed by atoms with E-state index in [1.54, 1.807) is 6.26 Å². The van der Waals surface area contributed by atoms with Crippen LogP contribution in [-0.2, 0) is 14.3 Å². The number of ketones is 1. The maximum atomic E-state index is 11.6. The van der Waals surface area contributed by atoms with Gasteiger partial charge in [-0.3, -0.25) is 4.79 Å². The molecule has 1 spiro atoms. The van der Waals surface area contributed by atoms with Crippen molar-refractivity contribution in [2.75, 3.05) is 0 Å². The second-order valence-electron chi connectivity index (χ2n) is 8.40. The van der Waals surface area contributed by atoms with Crippen LogP contribution in [0.1, 0.15) is 72.1 Å². The van der Waals surface area contributed by atoms with Crippen LogP contribution >= 0.6 is 0 Å². The van der Waals surface area contributed by atoms with Crippen LogP contribution in [0.5, 0.6) is 0 Å². The van der Waals surface area contributed by atoms with E-state index in [-0.39, 0.29) is 23.6 Å².